The molecule has 0 aliphatic heterocycles. The molecule has 0 unspecified atom stereocenters. The predicted molar refractivity (Wildman–Crippen MR) is 65.7 cm³/mol. The van der Waals surface area contributed by atoms with Crippen LogP contribution in [0.2, 0.25) is 0 Å². The van der Waals surface area contributed by atoms with E-state index in [9.17, 15) is 4.79 Å². The van der Waals surface area contributed by atoms with E-state index < -0.39 is 0 Å². The standard InChI is InChI=1S/C13H25NO/c1-10(2)14(11(3)4)12(8-9-15)13(5,6)7/h8-11H,1-7H3/b12-8+. The van der Waals surface area contributed by atoms with E-state index in [1.807, 2.05) is 0 Å². The zero-order chi connectivity index (χ0) is 12.2. The first-order valence-corrected chi connectivity index (χ1v) is 5.66. The van der Waals surface area contributed by atoms with Crippen molar-refractivity contribution in [2.75, 3.05) is 0 Å². The topological polar surface area (TPSA) is 20.3 Å². The molecule has 0 aromatic carbocycles. The molecule has 0 atom stereocenters. The molecule has 0 aliphatic rings. The quantitative estimate of drug-likeness (QED) is 0.525. The monoisotopic (exact) mass is 211 g/mol. The molecule has 0 saturated heterocycles. The highest BCUT2D eigenvalue weighted by molar-refractivity contribution is 5.66. The Balaban J connectivity index is 5.22. The van der Waals surface area contributed by atoms with Crippen molar-refractivity contribution in [3.05, 3.63) is 11.8 Å². The van der Waals surface area contributed by atoms with Crippen molar-refractivity contribution < 1.29 is 4.79 Å². The fourth-order valence-corrected chi connectivity index (χ4v) is 1.94. The van der Waals surface area contributed by atoms with Gasteiger partial charge in [-0.25, -0.2) is 0 Å². The lowest BCUT2D eigenvalue weighted by Gasteiger charge is -2.41. The van der Waals surface area contributed by atoms with E-state index >= 15 is 0 Å². The Hall–Kier alpha value is -0.790. The van der Waals surface area contributed by atoms with Gasteiger partial charge in [0.1, 0.15) is 6.29 Å². The normalized spacial score (nSPS) is 13.5. The first-order chi connectivity index (χ1) is 6.71. The van der Waals surface area contributed by atoms with Gasteiger partial charge in [-0.05, 0) is 33.8 Å². The molecular weight excluding hydrogens is 186 g/mol. The molecule has 0 amide bonds. The summed E-state index contributed by atoms with van der Waals surface area (Å²) in [6, 6.07) is 0.825. The van der Waals surface area contributed by atoms with Crippen LogP contribution in [0.3, 0.4) is 0 Å². The Morgan fingerprint density at radius 3 is 1.67 bits per heavy atom. The third kappa shape index (κ3) is 4.06. The smallest absolute Gasteiger partial charge is 0.144 e. The van der Waals surface area contributed by atoms with Crippen LogP contribution < -0.4 is 0 Å². The van der Waals surface area contributed by atoms with E-state index in [4.69, 9.17) is 0 Å². The Labute approximate surface area is 94.4 Å². The van der Waals surface area contributed by atoms with Crippen LogP contribution in [0.25, 0.3) is 0 Å². The number of nitrogens with zero attached hydrogens (tertiary/aromatic N) is 1. The summed E-state index contributed by atoms with van der Waals surface area (Å²) in [5.41, 5.74) is 1.12. The molecule has 15 heavy (non-hydrogen) atoms. The minimum absolute atomic E-state index is 0.00938. The van der Waals surface area contributed by atoms with E-state index in [0.29, 0.717) is 12.1 Å². The number of carbonyl (C=O) groups is 1. The molecule has 0 heterocycles. The van der Waals surface area contributed by atoms with Crippen molar-refractivity contribution in [3.8, 4) is 0 Å². The van der Waals surface area contributed by atoms with Crippen molar-refractivity contribution in [3.63, 3.8) is 0 Å². The van der Waals surface area contributed by atoms with Crippen LogP contribution in [-0.2, 0) is 4.79 Å². The van der Waals surface area contributed by atoms with E-state index in [1.165, 1.54) is 0 Å². The molecule has 2 heteroatoms. The van der Waals surface area contributed by atoms with E-state index in [-0.39, 0.29) is 5.41 Å². The fraction of sp³-hybridized carbons (Fsp3) is 0.769. The van der Waals surface area contributed by atoms with Crippen molar-refractivity contribution in [2.24, 2.45) is 5.41 Å². The van der Waals surface area contributed by atoms with Gasteiger partial charge in [-0.2, -0.15) is 0 Å². The molecule has 0 N–H and O–H groups in total. The molecule has 88 valence electrons. The third-order valence-corrected chi connectivity index (χ3v) is 2.39. The molecule has 0 fully saturated rings. The first kappa shape index (κ1) is 14.2. The molecule has 0 saturated carbocycles. The van der Waals surface area contributed by atoms with Crippen LogP contribution in [0.15, 0.2) is 11.8 Å². The minimum atomic E-state index is 0.00938. The SMILES string of the molecule is CC(C)N(/C(=C/C=O)C(C)(C)C)C(C)C. The summed E-state index contributed by atoms with van der Waals surface area (Å²) in [5, 5.41) is 0. The van der Waals surface area contributed by atoms with Crippen LogP contribution in [0.4, 0.5) is 0 Å². The third-order valence-electron chi connectivity index (χ3n) is 2.39. The molecule has 0 bridgehead atoms. The second-order valence-electron chi connectivity index (χ2n) is 5.53. The highest BCUT2D eigenvalue weighted by Gasteiger charge is 2.26. The van der Waals surface area contributed by atoms with Gasteiger partial charge < -0.3 is 4.90 Å². The highest BCUT2D eigenvalue weighted by Crippen LogP contribution is 2.30. The van der Waals surface area contributed by atoms with Gasteiger partial charge in [-0.3, -0.25) is 4.79 Å². The van der Waals surface area contributed by atoms with Crippen molar-refractivity contribution in [1.82, 2.24) is 4.90 Å². The summed E-state index contributed by atoms with van der Waals surface area (Å²) in [6.07, 6.45) is 2.58. The number of rotatable bonds is 4. The lowest BCUT2D eigenvalue weighted by Crippen LogP contribution is -2.40. The molecular formula is C13H25NO. The first-order valence-electron chi connectivity index (χ1n) is 5.66. The lowest BCUT2D eigenvalue weighted by molar-refractivity contribution is -0.104. The summed E-state index contributed by atoms with van der Waals surface area (Å²) in [4.78, 5) is 13.0. The predicted octanol–water partition coefficient (Wildman–Crippen LogP) is 3.23. The van der Waals surface area contributed by atoms with Crippen molar-refractivity contribution in [2.45, 2.75) is 60.5 Å². The number of aldehydes is 1. The summed E-state index contributed by atoms with van der Waals surface area (Å²) < 4.78 is 0. The van der Waals surface area contributed by atoms with E-state index in [1.54, 1.807) is 6.08 Å². The molecule has 0 spiro atoms. The van der Waals surface area contributed by atoms with Gasteiger partial charge in [-0.15, -0.1) is 0 Å². The van der Waals surface area contributed by atoms with Gasteiger partial charge in [0.05, 0.1) is 0 Å². The molecule has 0 radical (unpaired) electrons. The average Bonchev–Trinajstić information content (AvgIpc) is 2.00. The average molecular weight is 211 g/mol. The highest BCUT2D eigenvalue weighted by atomic mass is 16.1. The summed E-state index contributed by atoms with van der Waals surface area (Å²) >= 11 is 0. The van der Waals surface area contributed by atoms with Gasteiger partial charge in [0.2, 0.25) is 0 Å². The van der Waals surface area contributed by atoms with Crippen LogP contribution in [0, 0.1) is 5.41 Å². The van der Waals surface area contributed by atoms with Crippen LogP contribution >= 0.6 is 0 Å². The molecule has 0 aliphatic carbocycles. The van der Waals surface area contributed by atoms with Gasteiger partial charge in [-0.1, -0.05) is 20.8 Å². The van der Waals surface area contributed by atoms with Crippen molar-refractivity contribution >= 4 is 6.29 Å². The Kier molecular flexibility index (Phi) is 5.06. The zero-order valence-corrected chi connectivity index (χ0v) is 11.2. The maximum absolute atomic E-state index is 10.7. The summed E-state index contributed by atoms with van der Waals surface area (Å²) in [6.45, 7) is 15.0. The molecule has 0 aromatic rings. The number of hydrogen-bond donors (Lipinski definition) is 0. The number of carbonyl (C=O) groups excluding carboxylic acids is 1. The second-order valence-corrected chi connectivity index (χ2v) is 5.53. The number of hydrogen-bond acceptors (Lipinski definition) is 2. The summed E-state index contributed by atoms with van der Waals surface area (Å²) in [7, 11) is 0. The second kappa shape index (κ2) is 5.34. The fourth-order valence-electron chi connectivity index (χ4n) is 1.94. The van der Waals surface area contributed by atoms with Crippen molar-refractivity contribution in [1.29, 1.82) is 0 Å². The lowest BCUT2D eigenvalue weighted by atomic mass is 9.89. The van der Waals surface area contributed by atoms with E-state index in [0.717, 1.165) is 12.0 Å². The van der Waals surface area contributed by atoms with Crippen LogP contribution in [0.5, 0.6) is 0 Å². The Morgan fingerprint density at radius 2 is 1.47 bits per heavy atom. The van der Waals surface area contributed by atoms with E-state index in [2.05, 4.69) is 53.4 Å². The van der Waals surface area contributed by atoms with Crippen LogP contribution in [0.1, 0.15) is 48.5 Å². The van der Waals surface area contributed by atoms with Gasteiger partial charge in [0.15, 0.2) is 0 Å². The van der Waals surface area contributed by atoms with Gasteiger partial charge in [0.25, 0.3) is 0 Å². The maximum Gasteiger partial charge on any atom is 0.144 e. The zero-order valence-electron chi connectivity index (χ0n) is 11.2. The molecule has 0 rings (SSSR count). The summed E-state index contributed by atoms with van der Waals surface area (Å²) in [5.74, 6) is 0. The Bertz CT molecular complexity index is 225. The maximum atomic E-state index is 10.7. The van der Waals surface area contributed by atoms with Crippen LogP contribution in [-0.4, -0.2) is 23.3 Å². The van der Waals surface area contributed by atoms with Gasteiger partial charge >= 0.3 is 0 Å². The number of allylic oxidation sites excluding steroid dienone is 2. The van der Waals surface area contributed by atoms with Gasteiger partial charge in [0, 0.05) is 23.2 Å². The molecule has 0 aromatic heterocycles. The minimum Gasteiger partial charge on any atom is -0.369 e. The Morgan fingerprint density at radius 1 is 1.07 bits per heavy atom. The largest absolute Gasteiger partial charge is 0.369 e. The molecule has 2 nitrogen and oxygen atoms in total.